The van der Waals surface area contributed by atoms with E-state index in [1.54, 1.807) is 11.9 Å². The van der Waals surface area contributed by atoms with Crippen molar-refractivity contribution in [2.75, 3.05) is 27.2 Å². The molecular weight excluding hydrogens is 220 g/mol. The molecule has 1 saturated heterocycles. The minimum atomic E-state index is -1.12. The van der Waals surface area contributed by atoms with Crippen LogP contribution >= 0.6 is 0 Å². The number of rotatable bonds is 3. The van der Waals surface area contributed by atoms with Gasteiger partial charge in [0.15, 0.2) is 0 Å². The van der Waals surface area contributed by atoms with Crippen molar-refractivity contribution in [1.29, 1.82) is 0 Å². The molecule has 0 spiro atoms. The molecule has 1 heterocycles. The van der Waals surface area contributed by atoms with E-state index in [-0.39, 0.29) is 11.9 Å². The van der Waals surface area contributed by atoms with Crippen molar-refractivity contribution >= 4 is 11.9 Å². The lowest BCUT2D eigenvalue weighted by Crippen LogP contribution is -2.54. The van der Waals surface area contributed by atoms with Gasteiger partial charge in [0.1, 0.15) is 5.41 Å². The Morgan fingerprint density at radius 1 is 1.41 bits per heavy atom. The van der Waals surface area contributed by atoms with Crippen molar-refractivity contribution in [3.8, 4) is 0 Å². The van der Waals surface area contributed by atoms with Crippen LogP contribution in [0.3, 0.4) is 0 Å². The topological polar surface area (TPSA) is 60.9 Å². The van der Waals surface area contributed by atoms with Crippen molar-refractivity contribution in [2.24, 2.45) is 5.41 Å². The smallest absolute Gasteiger partial charge is 0.319 e. The highest BCUT2D eigenvalue weighted by molar-refractivity contribution is 6.02. The third-order valence-corrected chi connectivity index (χ3v) is 4.26. The van der Waals surface area contributed by atoms with E-state index in [9.17, 15) is 14.7 Å². The number of hydrogen-bond acceptors (Lipinski definition) is 3. The van der Waals surface area contributed by atoms with Gasteiger partial charge in [-0.2, -0.15) is 0 Å². The van der Waals surface area contributed by atoms with Crippen molar-refractivity contribution in [3.63, 3.8) is 0 Å². The van der Waals surface area contributed by atoms with E-state index in [1.165, 1.54) is 0 Å². The Morgan fingerprint density at radius 2 is 2.06 bits per heavy atom. The summed E-state index contributed by atoms with van der Waals surface area (Å²) in [6.45, 7) is 1.82. The highest BCUT2D eigenvalue weighted by Gasteiger charge is 2.53. The first-order valence-electron chi connectivity index (χ1n) is 6.16. The molecule has 1 unspecified atom stereocenters. The van der Waals surface area contributed by atoms with Crippen LogP contribution in [0, 0.1) is 5.41 Å². The maximum absolute atomic E-state index is 12.3. The monoisotopic (exact) mass is 240 g/mol. The van der Waals surface area contributed by atoms with Crippen LogP contribution in [0.1, 0.15) is 25.7 Å². The van der Waals surface area contributed by atoms with Gasteiger partial charge in [-0.3, -0.25) is 9.59 Å². The van der Waals surface area contributed by atoms with Crippen LogP contribution in [0.2, 0.25) is 0 Å². The molecule has 2 rings (SSSR count). The fourth-order valence-corrected chi connectivity index (χ4v) is 2.78. The Morgan fingerprint density at radius 3 is 2.41 bits per heavy atom. The lowest BCUT2D eigenvalue weighted by atomic mass is 9.67. The van der Waals surface area contributed by atoms with E-state index < -0.39 is 11.4 Å². The standard InChI is InChI=1S/C12H20N2O3/c1-13-7-4-9(8-13)14(2)10(15)12(11(16)17)5-3-6-12/h9H,3-8H2,1-2H3,(H,16,17). The molecule has 2 aliphatic rings. The van der Waals surface area contributed by atoms with E-state index in [0.717, 1.165) is 25.9 Å². The lowest BCUT2D eigenvalue weighted by Gasteiger charge is -2.40. The zero-order valence-corrected chi connectivity index (χ0v) is 10.5. The summed E-state index contributed by atoms with van der Waals surface area (Å²) < 4.78 is 0. The van der Waals surface area contributed by atoms with Gasteiger partial charge in [0.25, 0.3) is 0 Å². The van der Waals surface area contributed by atoms with Crippen LogP contribution in [-0.2, 0) is 9.59 Å². The maximum Gasteiger partial charge on any atom is 0.319 e. The summed E-state index contributed by atoms with van der Waals surface area (Å²) in [6.07, 6.45) is 2.77. The fourth-order valence-electron chi connectivity index (χ4n) is 2.78. The van der Waals surface area contributed by atoms with Crippen molar-refractivity contribution in [1.82, 2.24) is 9.80 Å². The molecule has 0 aromatic rings. The van der Waals surface area contributed by atoms with E-state index in [2.05, 4.69) is 4.90 Å². The van der Waals surface area contributed by atoms with Gasteiger partial charge in [0, 0.05) is 19.6 Å². The highest BCUT2D eigenvalue weighted by atomic mass is 16.4. The summed E-state index contributed by atoms with van der Waals surface area (Å²) in [4.78, 5) is 27.4. The minimum Gasteiger partial charge on any atom is -0.480 e. The number of amides is 1. The largest absolute Gasteiger partial charge is 0.480 e. The Kier molecular flexibility index (Phi) is 3.12. The molecule has 0 radical (unpaired) electrons. The summed E-state index contributed by atoms with van der Waals surface area (Å²) in [5, 5.41) is 9.24. The molecular formula is C12H20N2O3. The first-order valence-corrected chi connectivity index (χ1v) is 6.16. The molecule has 17 heavy (non-hydrogen) atoms. The van der Waals surface area contributed by atoms with Crippen molar-refractivity contribution in [2.45, 2.75) is 31.7 Å². The number of carboxylic acids is 1. The van der Waals surface area contributed by atoms with Crippen LogP contribution in [0.25, 0.3) is 0 Å². The molecule has 1 atom stereocenters. The Bertz CT molecular complexity index is 339. The van der Waals surface area contributed by atoms with Crippen LogP contribution < -0.4 is 0 Å². The molecule has 96 valence electrons. The Labute approximate surface area is 101 Å². The van der Waals surface area contributed by atoms with Gasteiger partial charge in [-0.05, 0) is 32.9 Å². The van der Waals surface area contributed by atoms with E-state index in [4.69, 9.17) is 0 Å². The van der Waals surface area contributed by atoms with Gasteiger partial charge in [-0.1, -0.05) is 6.42 Å². The second-order valence-corrected chi connectivity index (χ2v) is 5.36. The average molecular weight is 240 g/mol. The molecule has 1 aliphatic heterocycles. The normalized spacial score (nSPS) is 27.5. The first-order chi connectivity index (χ1) is 7.97. The van der Waals surface area contributed by atoms with Crippen molar-refractivity contribution < 1.29 is 14.7 Å². The van der Waals surface area contributed by atoms with Crippen molar-refractivity contribution in [3.05, 3.63) is 0 Å². The Balaban J connectivity index is 2.06. The van der Waals surface area contributed by atoms with Gasteiger partial charge in [0.05, 0.1) is 0 Å². The Hall–Kier alpha value is -1.10. The zero-order valence-electron chi connectivity index (χ0n) is 10.5. The van der Waals surface area contributed by atoms with Gasteiger partial charge >= 0.3 is 5.97 Å². The zero-order chi connectivity index (χ0) is 12.6. The SMILES string of the molecule is CN1CCC(N(C)C(=O)C2(C(=O)O)CCC2)C1. The second-order valence-electron chi connectivity index (χ2n) is 5.36. The summed E-state index contributed by atoms with van der Waals surface area (Å²) in [5.41, 5.74) is -1.12. The molecule has 5 heteroatoms. The van der Waals surface area contributed by atoms with Gasteiger partial charge < -0.3 is 14.9 Å². The number of carbonyl (C=O) groups excluding carboxylic acids is 1. The third-order valence-electron chi connectivity index (χ3n) is 4.26. The van der Waals surface area contributed by atoms with Crippen LogP contribution in [0.15, 0.2) is 0 Å². The summed E-state index contributed by atoms with van der Waals surface area (Å²) in [7, 11) is 3.77. The quantitative estimate of drug-likeness (QED) is 0.726. The number of aliphatic carboxylic acids is 1. The molecule has 0 bridgehead atoms. The number of likely N-dealkylation sites (N-methyl/N-ethyl adjacent to an activating group) is 2. The third kappa shape index (κ3) is 1.92. The predicted octanol–water partition coefficient (Wildman–Crippen LogP) is 0.404. The summed E-state index contributed by atoms with van der Waals surface area (Å²) in [6, 6.07) is 0.171. The fraction of sp³-hybridized carbons (Fsp3) is 0.833. The number of likely N-dealkylation sites (tertiary alicyclic amines) is 1. The predicted molar refractivity (Wildman–Crippen MR) is 62.6 cm³/mol. The van der Waals surface area contributed by atoms with E-state index in [0.29, 0.717) is 12.8 Å². The van der Waals surface area contributed by atoms with Crippen LogP contribution in [0.4, 0.5) is 0 Å². The average Bonchev–Trinajstić information content (AvgIpc) is 2.61. The van der Waals surface area contributed by atoms with Gasteiger partial charge in [-0.15, -0.1) is 0 Å². The van der Waals surface area contributed by atoms with Gasteiger partial charge in [0.2, 0.25) is 5.91 Å². The minimum absolute atomic E-state index is 0.171. The number of nitrogens with zero attached hydrogens (tertiary/aromatic N) is 2. The number of carbonyl (C=O) groups is 2. The molecule has 0 aromatic carbocycles. The lowest BCUT2D eigenvalue weighted by molar-refractivity contribution is -0.167. The van der Waals surface area contributed by atoms with Crippen LogP contribution in [-0.4, -0.2) is 60.0 Å². The second kappa shape index (κ2) is 4.29. The molecule has 2 fully saturated rings. The maximum atomic E-state index is 12.3. The van der Waals surface area contributed by atoms with E-state index >= 15 is 0 Å². The van der Waals surface area contributed by atoms with E-state index in [1.807, 2.05) is 7.05 Å². The molecule has 1 N–H and O–H groups in total. The number of hydrogen-bond donors (Lipinski definition) is 1. The number of carboxylic acid groups (broad SMARTS) is 1. The van der Waals surface area contributed by atoms with Crippen LogP contribution in [0.5, 0.6) is 0 Å². The summed E-state index contributed by atoms with van der Waals surface area (Å²) in [5.74, 6) is -1.15. The van der Waals surface area contributed by atoms with Gasteiger partial charge in [-0.25, -0.2) is 0 Å². The molecule has 5 nitrogen and oxygen atoms in total. The molecule has 1 saturated carbocycles. The molecule has 1 amide bonds. The molecule has 1 aliphatic carbocycles. The highest BCUT2D eigenvalue weighted by Crippen LogP contribution is 2.43. The first kappa shape index (κ1) is 12.4. The summed E-state index contributed by atoms with van der Waals surface area (Å²) >= 11 is 0. The molecule has 0 aromatic heterocycles.